The fraction of sp³-hybridized carbons (Fsp3) is 0.682. The van der Waals surface area contributed by atoms with Crippen molar-refractivity contribution in [3.8, 4) is 0 Å². The van der Waals surface area contributed by atoms with E-state index in [9.17, 15) is 9.59 Å². The summed E-state index contributed by atoms with van der Waals surface area (Å²) in [5.74, 6) is -1.64. The van der Waals surface area contributed by atoms with E-state index in [1.807, 2.05) is 12.1 Å². The van der Waals surface area contributed by atoms with Crippen molar-refractivity contribution < 1.29 is 23.8 Å². The number of ether oxygens (including phenoxy) is 3. The van der Waals surface area contributed by atoms with Gasteiger partial charge in [-0.3, -0.25) is 19.9 Å². The molecule has 1 saturated carbocycles. The molecule has 0 radical (unpaired) electrons. The smallest absolute Gasteiger partial charge is 0.323 e. The van der Waals surface area contributed by atoms with Crippen molar-refractivity contribution in [3.05, 3.63) is 30.1 Å². The average Bonchev–Trinajstić information content (AvgIpc) is 3.31. The van der Waals surface area contributed by atoms with Crippen molar-refractivity contribution in [3.63, 3.8) is 0 Å². The third-order valence-electron chi connectivity index (χ3n) is 6.49. The summed E-state index contributed by atoms with van der Waals surface area (Å²) in [5.41, 5.74) is 0.885. The van der Waals surface area contributed by atoms with Crippen LogP contribution in [0.15, 0.2) is 24.5 Å². The predicted octanol–water partition coefficient (Wildman–Crippen LogP) is 2.55. The van der Waals surface area contributed by atoms with Crippen molar-refractivity contribution in [2.24, 2.45) is 11.8 Å². The molecular weight excluding hydrogens is 372 g/mol. The molecule has 2 saturated heterocycles. The molecule has 5 atom stereocenters. The van der Waals surface area contributed by atoms with Crippen LogP contribution in [0, 0.1) is 11.8 Å². The van der Waals surface area contributed by atoms with Crippen molar-refractivity contribution in [1.29, 1.82) is 0 Å². The first-order valence-corrected chi connectivity index (χ1v) is 10.7. The molecule has 3 aliphatic rings. The van der Waals surface area contributed by atoms with E-state index in [0.717, 1.165) is 31.2 Å². The first-order chi connectivity index (χ1) is 14.0. The van der Waals surface area contributed by atoms with Crippen molar-refractivity contribution in [1.82, 2.24) is 10.3 Å². The lowest BCUT2D eigenvalue weighted by atomic mass is 9.79. The zero-order chi connectivity index (χ0) is 20.4. The summed E-state index contributed by atoms with van der Waals surface area (Å²) < 4.78 is 17.9. The third-order valence-corrected chi connectivity index (χ3v) is 6.49. The lowest BCUT2D eigenvalue weighted by Gasteiger charge is -2.33. The second kappa shape index (κ2) is 8.50. The number of ketones is 1. The first-order valence-electron chi connectivity index (χ1n) is 10.7. The monoisotopic (exact) mass is 402 g/mol. The number of hydrogen-bond donors (Lipinski definition) is 1. The second-order valence-electron chi connectivity index (χ2n) is 8.31. The van der Waals surface area contributed by atoms with Crippen LogP contribution in [0.5, 0.6) is 0 Å². The minimum atomic E-state index is -0.624. The van der Waals surface area contributed by atoms with E-state index in [2.05, 4.69) is 10.3 Å². The molecule has 1 aromatic rings. The Bertz CT molecular complexity index is 734. The van der Waals surface area contributed by atoms with Gasteiger partial charge in [0.2, 0.25) is 0 Å². The average molecular weight is 402 g/mol. The van der Waals surface area contributed by atoms with Gasteiger partial charge in [-0.05, 0) is 38.3 Å². The lowest BCUT2D eigenvalue weighted by Crippen LogP contribution is -2.45. The van der Waals surface area contributed by atoms with Gasteiger partial charge < -0.3 is 14.2 Å². The topological polar surface area (TPSA) is 86.8 Å². The van der Waals surface area contributed by atoms with Gasteiger partial charge in [-0.25, -0.2) is 0 Å². The third kappa shape index (κ3) is 3.96. The van der Waals surface area contributed by atoms with Crippen LogP contribution in [0.2, 0.25) is 0 Å². The Morgan fingerprint density at radius 3 is 2.76 bits per heavy atom. The predicted molar refractivity (Wildman–Crippen MR) is 105 cm³/mol. The van der Waals surface area contributed by atoms with Crippen LogP contribution >= 0.6 is 0 Å². The molecule has 3 fully saturated rings. The molecule has 4 rings (SSSR count). The Morgan fingerprint density at radius 2 is 2.10 bits per heavy atom. The summed E-state index contributed by atoms with van der Waals surface area (Å²) in [6.45, 7) is 4.06. The number of Topliss-reactive ketones (excluding diaryl/α,β-unsaturated/α-hetero) is 1. The molecule has 2 aliphatic heterocycles. The van der Waals surface area contributed by atoms with Gasteiger partial charge in [-0.2, -0.15) is 0 Å². The van der Waals surface area contributed by atoms with Gasteiger partial charge >= 0.3 is 5.97 Å². The highest BCUT2D eigenvalue weighted by Crippen LogP contribution is 2.46. The molecule has 1 spiro atoms. The van der Waals surface area contributed by atoms with E-state index in [1.54, 1.807) is 26.2 Å². The maximum Gasteiger partial charge on any atom is 0.323 e. The van der Waals surface area contributed by atoms with Gasteiger partial charge in [0.1, 0.15) is 11.8 Å². The molecule has 0 aromatic carbocycles. The molecular formula is C22H30N2O5. The van der Waals surface area contributed by atoms with Gasteiger partial charge in [-0.1, -0.05) is 12.5 Å². The van der Waals surface area contributed by atoms with Gasteiger partial charge in [0, 0.05) is 43.1 Å². The Morgan fingerprint density at radius 1 is 1.31 bits per heavy atom. The summed E-state index contributed by atoms with van der Waals surface area (Å²) in [6, 6.07) is 2.83. The zero-order valence-electron chi connectivity index (χ0n) is 17.1. The van der Waals surface area contributed by atoms with E-state index in [0.29, 0.717) is 6.61 Å². The number of pyridine rings is 1. The molecule has 0 unspecified atom stereocenters. The SMILES string of the molecule is CCOC(=O)[C@@H]1N[C@H](c2cccnc2)[C@H](C(C)=O)[C@H]1[C@H]1COC2(CCCCC2)O1. The standard InChI is InChI=1S/C22H30N2O5/c1-3-27-21(26)20-18(16-13-28-22(29-16)9-5-4-6-10-22)17(14(2)25)19(24-20)15-8-7-11-23-12-15/h7-8,11-12,16-20,24H,3-6,9-10,13H2,1-2H3/t16-,17-,18-,19-,20-/m1/s1. The molecule has 1 aromatic heterocycles. The summed E-state index contributed by atoms with van der Waals surface area (Å²) in [4.78, 5) is 29.8. The Balaban J connectivity index is 1.65. The number of carbonyl (C=O) groups is 2. The number of rotatable bonds is 5. The van der Waals surface area contributed by atoms with Crippen LogP contribution in [0.4, 0.5) is 0 Å². The van der Waals surface area contributed by atoms with Crippen LogP contribution in [-0.2, 0) is 23.8 Å². The lowest BCUT2D eigenvalue weighted by molar-refractivity contribution is -0.194. The van der Waals surface area contributed by atoms with Crippen molar-refractivity contribution in [2.45, 2.75) is 69.9 Å². The largest absolute Gasteiger partial charge is 0.465 e. The number of esters is 1. The summed E-state index contributed by atoms with van der Waals surface area (Å²) in [5, 5.41) is 3.37. The molecule has 1 aliphatic carbocycles. The van der Waals surface area contributed by atoms with Gasteiger partial charge in [0.25, 0.3) is 0 Å². The first kappa shape index (κ1) is 20.4. The fourth-order valence-corrected chi connectivity index (χ4v) is 5.23. The highest BCUT2D eigenvalue weighted by molar-refractivity contribution is 5.84. The molecule has 0 bridgehead atoms. The number of carbonyl (C=O) groups excluding carboxylic acids is 2. The normalized spacial score (nSPS) is 33.7. The van der Waals surface area contributed by atoms with Crippen LogP contribution in [0.25, 0.3) is 0 Å². The zero-order valence-corrected chi connectivity index (χ0v) is 17.1. The van der Waals surface area contributed by atoms with Gasteiger partial charge in [-0.15, -0.1) is 0 Å². The van der Waals surface area contributed by atoms with Crippen LogP contribution < -0.4 is 5.32 Å². The van der Waals surface area contributed by atoms with Gasteiger partial charge in [0.15, 0.2) is 5.79 Å². The number of hydrogen-bond acceptors (Lipinski definition) is 7. The summed E-state index contributed by atoms with van der Waals surface area (Å²) >= 11 is 0. The quantitative estimate of drug-likeness (QED) is 0.758. The molecule has 7 nitrogen and oxygen atoms in total. The molecule has 29 heavy (non-hydrogen) atoms. The highest BCUT2D eigenvalue weighted by atomic mass is 16.7. The van der Waals surface area contributed by atoms with E-state index in [4.69, 9.17) is 14.2 Å². The maximum atomic E-state index is 12.8. The molecule has 7 heteroatoms. The van der Waals surface area contributed by atoms with Crippen molar-refractivity contribution >= 4 is 11.8 Å². The molecule has 158 valence electrons. The highest BCUT2D eigenvalue weighted by Gasteiger charge is 2.56. The number of nitrogens with one attached hydrogen (secondary N) is 1. The van der Waals surface area contributed by atoms with Crippen molar-refractivity contribution in [2.75, 3.05) is 13.2 Å². The summed E-state index contributed by atoms with van der Waals surface area (Å²) in [6.07, 6.45) is 8.18. The molecule has 1 N–H and O–H groups in total. The summed E-state index contributed by atoms with van der Waals surface area (Å²) in [7, 11) is 0. The Hall–Kier alpha value is -1.83. The van der Waals surface area contributed by atoms with E-state index in [1.165, 1.54) is 6.42 Å². The van der Waals surface area contributed by atoms with Crippen LogP contribution in [0.3, 0.4) is 0 Å². The van der Waals surface area contributed by atoms with Crippen LogP contribution in [-0.4, -0.2) is 47.9 Å². The van der Waals surface area contributed by atoms with E-state index < -0.39 is 17.7 Å². The van der Waals surface area contributed by atoms with E-state index >= 15 is 0 Å². The second-order valence-corrected chi connectivity index (χ2v) is 8.31. The van der Waals surface area contributed by atoms with Crippen LogP contribution in [0.1, 0.15) is 57.6 Å². The Kier molecular flexibility index (Phi) is 5.99. The molecule has 3 heterocycles. The number of nitrogens with zero attached hydrogens (tertiary/aromatic N) is 1. The van der Waals surface area contributed by atoms with Gasteiger partial charge in [0.05, 0.1) is 19.3 Å². The number of aromatic nitrogens is 1. The molecule has 0 amide bonds. The minimum absolute atomic E-state index is 0.0244. The Labute approximate surface area is 171 Å². The maximum absolute atomic E-state index is 12.8. The minimum Gasteiger partial charge on any atom is -0.465 e. The fourth-order valence-electron chi connectivity index (χ4n) is 5.23. The van der Waals surface area contributed by atoms with E-state index in [-0.39, 0.29) is 36.4 Å².